The average Bonchev–Trinajstić information content (AvgIpc) is 2.35. The number of halogens is 1. The van der Waals surface area contributed by atoms with Crippen molar-refractivity contribution in [3.05, 3.63) is 34.6 Å². The molecule has 0 spiro atoms. The highest BCUT2D eigenvalue weighted by molar-refractivity contribution is 5.94. The molecule has 0 bridgehead atoms. The number of hydrogen-bond acceptors (Lipinski definition) is 3. The number of hydrogen-bond donors (Lipinski definition) is 2. The Labute approximate surface area is 110 Å². The first-order valence-corrected chi connectivity index (χ1v) is 5.67. The van der Waals surface area contributed by atoms with E-state index in [1.54, 1.807) is 13.8 Å². The number of carboxylic acids is 1. The van der Waals surface area contributed by atoms with Crippen molar-refractivity contribution in [2.45, 2.75) is 20.0 Å². The second-order valence-corrected chi connectivity index (χ2v) is 4.20. The van der Waals surface area contributed by atoms with Gasteiger partial charge in [-0.05, 0) is 37.1 Å². The average molecular weight is 269 g/mol. The molecule has 1 unspecified atom stereocenters. The van der Waals surface area contributed by atoms with Crippen LogP contribution in [0.2, 0.25) is 0 Å². The normalized spacial score (nSPS) is 12.0. The molecule has 2 N–H and O–H groups in total. The number of methoxy groups -OCH3 is 1. The molecule has 1 atom stereocenters. The number of nitrogens with one attached hydrogen (secondary N) is 1. The van der Waals surface area contributed by atoms with E-state index in [-0.39, 0.29) is 17.9 Å². The summed E-state index contributed by atoms with van der Waals surface area (Å²) in [5.74, 6) is -1.97. The van der Waals surface area contributed by atoms with Crippen molar-refractivity contribution in [1.82, 2.24) is 5.32 Å². The molecule has 1 aromatic rings. The zero-order valence-corrected chi connectivity index (χ0v) is 11.0. The fourth-order valence-electron chi connectivity index (χ4n) is 1.64. The second-order valence-electron chi connectivity index (χ2n) is 4.20. The van der Waals surface area contributed by atoms with Gasteiger partial charge in [0.2, 0.25) is 0 Å². The summed E-state index contributed by atoms with van der Waals surface area (Å²) in [5, 5.41) is 11.2. The Morgan fingerprint density at radius 3 is 2.32 bits per heavy atom. The molecule has 0 aromatic heterocycles. The number of carbonyl (C=O) groups is 2. The van der Waals surface area contributed by atoms with Crippen molar-refractivity contribution in [3.63, 3.8) is 0 Å². The Kier molecular flexibility index (Phi) is 5.00. The van der Waals surface area contributed by atoms with Gasteiger partial charge in [0.1, 0.15) is 5.82 Å². The van der Waals surface area contributed by atoms with Gasteiger partial charge in [-0.3, -0.25) is 4.79 Å². The number of rotatable bonds is 5. The van der Waals surface area contributed by atoms with Gasteiger partial charge in [-0.25, -0.2) is 9.18 Å². The van der Waals surface area contributed by atoms with Crippen molar-refractivity contribution in [2.75, 3.05) is 13.7 Å². The molecule has 0 radical (unpaired) electrons. The predicted octanol–water partition coefficient (Wildman–Crippen LogP) is 1.27. The maximum absolute atomic E-state index is 13.4. The third kappa shape index (κ3) is 3.75. The molecule has 104 valence electrons. The molecule has 1 amide bonds. The van der Waals surface area contributed by atoms with Gasteiger partial charge in [0.05, 0.1) is 6.54 Å². The van der Waals surface area contributed by atoms with E-state index in [0.717, 1.165) is 0 Å². The second kappa shape index (κ2) is 6.29. The van der Waals surface area contributed by atoms with Crippen LogP contribution in [0.5, 0.6) is 0 Å². The molecule has 1 aromatic carbocycles. The summed E-state index contributed by atoms with van der Waals surface area (Å²) in [6.45, 7) is 2.97. The number of carbonyl (C=O) groups excluding carboxylic acids is 1. The lowest BCUT2D eigenvalue weighted by atomic mass is 10.1. The quantitative estimate of drug-likeness (QED) is 0.844. The summed E-state index contributed by atoms with van der Waals surface area (Å²) < 4.78 is 18.1. The monoisotopic (exact) mass is 269 g/mol. The summed E-state index contributed by atoms with van der Waals surface area (Å²) in [6.07, 6.45) is -1.11. The van der Waals surface area contributed by atoms with Gasteiger partial charge in [-0.1, -0.05) is 0 Å². The number of carboxylic acid groups (broad SMARTS) is 1. The molecule has 0 aliphatic carbocycles. The van der Waals surface area contributed by atoms with Gasteiger partial charge < -0.3 is 15.2 Å². The minimum atomic E-state index is -1.16. The summed E-state index contributed by atoms with van der Waals surface area (Å²) in [4.78, 5) is 22.5. The summed E-state index contributed by atoms with van der Waals surface area (Å²) in [7, 11) is 1.25. The Hall–Kier alpha value is -1.95. The molecule has 0 aliphatic heterocycles. The summed E-state index contributed by atoms with van der Waals surface area (Å²) in [5.41, 5.74) is 1.02. The van der Waals surface area contributed by atoms with Crippen LogP contribution in [-0.4, -0.2) is 36.7 Å². The van der Waals surface area contributed by atoms with Crippen LogP contribution in [0.1, 0.15) is 21.5 Å². The third-order valence-corrected chi connectivity index (χ3v) is 2.71. The van der Waals surface area contributed by atoms with E-state index in [1.807, 2.05) is 0 Å². The molecule has 0 saturated heterocycles. The molecule has 0 saturated carbocycles. The lowest BCUT2D eigenvalue weighted by Gasteiger charge is -2.12. The van der Waals surface area contributed by atoms with Gasteiger partial charge in [-0.15, -0.1) is 0 Å². The highest BCUT2D eigenvalue weighted by Crippen LogP contribution is 2.14. The topological polar surface area (TPSA) is 75.6 Å². The summed E-state index contributed by atoms with van der Waals surface area (Å²) in [6, 6.07) is 2.83. The van der Waals surface area contributed by atoms with Crippen LogP contribution in [-0.2, 0) is 9.53 Å². The van der Waals surface area contributed by atoms with Crippen LogP contribution in [0.3, 0.4) is 0 Å². The van der Waals surface area contributed by atoms with E-state index < -0.39 is 18.0 Å². The van der Waals surface area contributed by atoms with E-state index in [2.05, 4.69) is 5.32 Å². The number of ether oxygens (including phenoxy) is 1. The number of amides is 1. The fraction of sp³-hybridized carbons (Fsp3) is 0.385. The molecular weight excluding hydrogens is 253 g/mol. The Morgan fingerprint density at radius 2 is 1.89 bits per heavy atom. The first kappa shape index (κ1) is 15.1. The van der Waals surface area contributed by atoms with Gasteiger partial charge >= 0.3 is 5.97 Å². The molecule has 6 heteroatoms. The molecule has 5 nitrogen and oxygen atoms in total. The Bertz CT molecular complexity index is 478. The van der Waals surface area contributed by atoms with Crippen molar-refractivity contribution < 1.29 is 23.8 Å². The number of benzene rings is 1. The Balaban J connectivity index is 2.76. The van der Waals surface area contributed by atoms with E-state index in [4.69, 9.17) is 9.84 Å². The zero-order chi connectivity index (χ0) is 14.6. The van der Waals surface area contributed by atoms with Crippen molar-refractivity contribution in [2.24, 2.45) is 0 Å². The first-order chi connectivity index (χ1) is 8.86. The van der Waals surface area contributed by atoms with Crippen molar-refractivity contribution in [3.8, 4) is 0 Å². The Morgan fingerprint density at radius 1 is 1.37 bits per heavy atom. The molecule has 19 heavy (non-hydrogen) atoms. The minimum absolute atomic E-state index is 0.153. The van der Waals surface area contributed by atoms with Crippen molar-refractivity contribution >= 4 is 11.9 Å². The van der Waals surface area contributed by atoms with E-state index in [9.17, 15) is 14.0 Å². The van der Waals surface area contributed by atoms with Crippen LogP contribution in [0.15, 0.2) is 12.1 Å². The van der Waals surface area contributed by atoms with Gasteiger partial charge in [0.15, 0.2) is 6.10 Å². The van der Waals surface area contributed by atoms with Crippen LogP contribution < -0.4 is 5.32 Å². The van der Waals surface area contributed by atoms with Crippen LogP contribution in [0.4, 0.5) is 4.39 Å². The van der Waals surface area contributed by atoms with E-state index in [1.165, 1.54) is 19.2 Å². The maximum atomic E-state index is 13.4. The maximum Gasteiger partial charge on any atom is 0.334 e. The highest BCUT2D eigenvalue weighted by atomic mass is 19.1. The smallest absolute Gasteiger partial charge is 0.334 e. The predicted molar refractivity (Wildman–Crippen MR) is 66.6 cm³/mol. The van der Waals surface area contributed by atoms with Gasteiger partial charge in [0, 0.05) is 12.7 Å². The van der Waals surface area contributed by atoms with Crippen molar-refractivity contribution in [1.29, 1.82) is 0 Å². The highest BCUT2D eigenvalue weighted by Gasteiger charge is 2.18. The lowest BCUT2D eigenvalue weighted by Crippen LogP contribution is -2.37. The van der Waals surface area contributed by atoms with Gasteiger partial charge in [-0.2, -0.15) is 0 Å². The molecule has 1 rings (SSSR count). The molecule has 0 fully saturated rings. The van der Waals surface area contributed by atoms with Crippen LogP contribution in [0, 0.1) is 19.7 Å². The number of aryl methyl sites for hydroxylation is 2. The third-order valence-electron chi connectivity index (χ3n) is 2.71. The first-order valence-electron chi connectivity index (χ1n) is 5.67. The fourth-order valence-corrected chi connectivity index (χ4v) is 1.64. The number of aliphatic carboxylic acids is 1. The molecule has 0 aliphatic rings. The zero-order valence-electron chi connectivity index (χ0n) is 11.0. The summed E-state index contributed by atoms with van der Waals surface area (Å²) >= 11 is 0. The van der Waals surface area contributed by atoms with Crippen LogP contribution in [0.25, 0.3) is 0 Å². The van der Waals surface area contributed by atoms with E-state index in [0.29, 0.717) is 11.1 Å². The molecule has 0 heterocycles. The largest absolute Gasteiger partial charge is 0.479 e. The standard InChI is InChI=1S/C13H16FNO4/c1-7-4-9(5-8(2)11(7)14)12(16)15-6-10(19-3)13(17)18/h4-5,10H,6H2,1-3H3,(H,15,16)(H,17,18). The minimum Gasteiger partial charge on any atom is -0.479 e. The van der Waals surface area contributed by atoms with E-state index >= 15 is 0 Å². The SMILES string of the molecule is COC(CNC(=O)c1cc(C)c(F)c(C)c1)C(=O)O. The van der Waals surface area contributed by atoms with Crippen LogP contribution >= 0.6 is 0 Å². The molecular formula is C13H16FNO4. The van der Waals surface area contributed by atoms with Gasteiger partial charge in [0.25, 0.3) is 5.91 Å². The lowest BCUT2D eigenvalue weighted by molar-refractivity contribution is -0.148.